The first-order valence-electron chi connectivity index (χ1n) is 12.3. The third kappa shape index (κ3) is 4.46. The average Bonchev–Trinajstić information content (AvgIpc) is 3.22. The van der Waals surface area contributed by atoms with Gasteiger partial charge in [0.1, 0.15) is 5.82 Å². The Morgan fingerprint density at radius 1 is 1.14 bits per heavy atom. The molecule has 3 fully saturated rings. The van der Waals surface area contributed by atoms with Gasteiger partial charge in [0.15, 0.2) is 5.65 Å². The van der Waals surface area contributed by atoms with Crippen molar-refractivity contribution in [1.29, 1.82) is 0 Å². The van der Waals surface area contributed by atoms with E-state index in [1.807, 2.05) is 21.7 Å². The highest BCUT2D eigenvalue weighted by Crippen LogP contribution is 2.34. The lowest BCUT2D eigenvalue weighted by Crippen LogP contribution is -2.65. The second kappa shape index (κ2) is 8.84. The lowest BCUT2D eigenvalue weighted by molar-refractivity contribution is -0.139. The first-order valence-corrected chi connectivity index (χ1v) is 12.3. The van der Waals surface area contributed by atoms with E-state index in [2.05, 4.69) is 15.4 Å². The second-order valence-electron chi connectivity index (χ2n) is 10.1. The van der Waals surface area contributed by atoms with E-state index in [-0.39, 0.29) is 29.8 Å². The summed E-state index contributed by atoms with van der Waals surface area (Å²) in [5.41, 5.74) is -0.151. The highest BCUT2D eigenvalue weighted by Gasteiger charge is 2.38. The third-order valence-electron chi connectivity index (χ3n) is 7.32. The Hall–Kier alpha value is -3.45. The number of amides is 1. The molecule has 1 amide bonds. The molecule has 3 aliphatic rings. The summed E-state index contributed by atoms with van der Waals surface area (Å²) in [7, 11) is 1.93. The number of piperazine rings is 1. The van der Waals surface area contributed by atoms with Crippen molar-refractivity contribution in [3.63, 3.8) is 0 Å². The van der Waals surface area contributed by atoms with Gasteiger partial charge in [-0.25, -0.2) is 4.68 Å². The quantitative estimate of drug-likeness (QED) is 0.529. The van der Waals surface area contributed by atoms with E-state index in [1.54, 1.807) is 12.3 Å². The molecule has 4 heterocycles. The molecule has 0 unspecified atom stereocenters. The molecule has 2 aromatic heterocycles. The van der Waals surface area contributed by atoms with E-state index in [0.717, 1.165) is 18.7 Å². The zero-order valence-electron chi connectivity index (χ0n) is 20.2. The van der Waals surface area contributed by atoms with Gasteiger partial charge in [0.05, 0.1) is 41.5 Å². The van der Waals surface area contributed by atoms with Crippen LogP contribution in [0.25, 0.3) is 16.7 Å². The van der Waals surface area contributed by atoms with Crippen LogP contribution in [-0.2, 0) is 11.0 Å². The van der Waals surface area contributed by atoms with Crippen molar-refractivity contribution in [3.05, 3.63) is 36.0 Å². The molecule has 0 atom stereocenters. The summed E-state index contributed by atoms with van der Waals surface area (Å²) in [4.78, 5) is 27.8. The normalized spacial score (nSPS) is 23.3. The van der Waals surface area contributed by atoms with Crippen molar-refractivity contribution >= 4 is 28.7 Å². The number of rotatable bonds is 5. The van der Waals surface area contributed by atoms with Crippen molar-refractivity contribution in [2.45, 2.75) is 37.2 Å². The fourth-order valence-electron chi connectivity index (χ4n) is 5.11. The smallest absolute Gasteiger partial charge is 0.393 e. The third-order valence-corrected chi connectivity index (χ3v) is 7.32. The second-order valence-corrected chi connectivity index (χ2v) is 10.1. The molecule has 2 saturated heterocycles. The molecule has 196 valence electrons. The van der Waals surface area contributed by atoms with Crippen LogP contribution >= 0.6 is 0 Å². The summed E-state index contributed by atoms with van der Waals surface area (Å²) >= 11 is 0. The molecule has 13 heteroatoms. The zero-order valence-corrected chi connectivity index (χ0v) is 20.2. The van der Waals surface area contributed by atoms with Gasteiger partial charge in [-0.3, -0.25) is 9.69 Å². The molecular weight excluding hydrogens is 489 g/mol. The van der Waals surface area contributed by atoms with Crippen molar-refractivity contribution in [3.8, 4) is 5.69 Å². The van der Waals surface area contributed by atoms with Gasteiger partial charge in [-0.1, -0.05) is 6.07 Å². The molecular formula is C24H27F3N8O2. The van der Waals surface area contributed by atoms with Gasteiger partial charge in [0.25, 0.3) is 0 Å². The van der Waals surface area contributed by atoms with E-state index < -0.39 is 11.7 Å². The van der Waals surface area contributed by atoms with Crippen LogP contribution in [0.1, 0.15) is 18.4 Å². The van der Waals surface area contributed by atoms with Gasteiger partial charge in [-0.05, 0) is 38.1 Å². The molecule has 37 heavy (non-hydrogen) atoms. The van der Waals surface area contributed by atoms with Crippen LogP contribution in [0.4, 0.5) is 24.9 Å². The minimum Gasteiger partial charge on any atom is -0.393 e. The van der Waals surface area contributed by atoms with Crippen LogP contribution in [0.3, 0.4) is 0 Å². The van der Waals surface area contributed by atoms with Gasteiger partial charge in [-0.2, -0.15) is 28.2 Å². The number of aliphatic hydroxyl groups excluding tert-OH is 1. The van der Waals surface area contributed by atoms with Crippen LogP contribution in [-0.4, -0.2) is 98.5 Å². The Bertz CT molecular complexity index is 1330. The summed E-state index contributed by atoms with van der Waals surface area (Å²) in [6.45, 7) is 3.09. The molecule has 0 bridgehead atoms. The number of anilines is 2. The molecule has 1 saturated carbocycles. The zero-order chi connectivity index (χ0) is 25.9. The number of likely N-dealkylation sites (N-methyl/N-ethyl adjacent to an activating group) is 1. The fraction of sp³-hybridized carbons (Fsp3) is 0.500. The summed E-state index contributed by atoms with van der Waals surface area (Å²) in [6, 6.07) is 5.04. The first kappa shape index (κ1) is 23.9. The summed E-state index contributed by atoms with van der Waals surface area (Å²) in [6.07, 6.45) is -2.14. The number of aromatic nitrogens is 4. The van der Waals surface area contributed by atoms with Crippen molar-refractivity contribution in [1.82, 2.24) is 29.5 Å². The average molecular weight is 517 g/mol. The van der Waals surface area contributed by atoms with E-state index >= 15 is 0 Å². The van der Waals surface area contributed by atoms with Gasteiger partial charge in [0, 0.05) is 32.2 Å². The maximum atomic E-state index is 13.3. The van der Waals surface area contributed by atoms with E-state index in [9.17, 15) is 23.1 Å². The lowest BCUT2D eigenvalue weighted by atomic mass is 9.90. The van der Waals surface area contributed by atoms with Gasteiger partial charge < -0.3 is 20.2 Å². The number of carbonyl (C=O) groups is 1. The Labute approximate surface area is 210 Å². The molecule has 0 spiro atoms. The standard InChI is InChI=1S/C24H27F3N8O2/c1-32-5-6-34(20(37)13-32)17-11-33(12-17)21-19-10-28-35(16-4-2-3-14(7-16)24(25,26)27)22(19)31-23(30-21)29-15-8-18(36)9-15/h2-4,7,10,15,17-18,36H,5-6,8-9,11-13H2,1H3,(H,29,30,31). The number of halogens is 3. The van der Waals surface area contributed by atoms with Crippen LogP contribution in [0.15, 0.2) is 30.5 Å². The summed E-state index contributed by atoms with van der Waals surface area (Å²) in [5.74, 6) is 1.05. The molecule has 2 aliphatic heterocycles. The van der Waals surface area contributed by atoms with Crippen LogP contribution in [0.2, 0.25) is 0 Å². The summed E-state index contributed by atoms with van der Waals surface area (Å²) in [5, 5.41) is 17.9. The molecule has 3 aromatic rings. The van der Waals surface area contributed by atoms with Gasteiger partial charge in [0.2, 0.25) is 11.9 Å². The molecule has 0 radical (unpaired) electrons. The number of carbonyl (C=O) groups excluding carboxylic acids is 1. The van der Waals surface area contributed by atoms with Crippen molar-refractivity contribution in [2.24, 2.45) is 0 Å². The minimum absolute atomic E-state index is 0.0114. The Kier molecular flexibility index (Phi) is 5.71. The topological polar surface area (TPSA) is 103 Å². The van der Waals surface area contributed by atoms with Crippen molar-refractivity contribution < 1.29 is 23.1 Å². The predicted molar refractivity (Wildman–Crippen MR) is 130 cm³/mol. The number of alkyl halides is 3. The molecule has 6 rings (SSSR count). The number of fused-ring (bicyclic) bond motifs is 1. The van der Waals surface area contributed by atoms with E-state index in [1.165, 1.54) is 10.7 Å². The largest absolute Gasteiger partial charge is 0.416 e. The number of aliphatic hydroxyl groups is 1. The number of nitrogens with zero attached hydrogens (tertiary/aromatic N) is 7. The summed E-state index contributed by atoms with van der Waals surface area (Å²) < 4.78 is 41.4. The van der Waals surface area contributed by atoms with Gasteiger partial charge >= 0.3 is 6.18 Å². The SMILES string of the molecule is CN1CCN(C2CN(c3nc(NC4CC(O)C4)nc4c3cnn4-c3cccc(C(F)(F)F)c3)C2)C(=O)C1. The van der Waals surface area contributed by atoms with Crippen LogP contribution < -0.4 is 10.2 Å². The van der Waals surface area contributed by atoms with E-state index in [0.29, 0.717) is 61.8 Å². The van der Waals surface area contributed by atoms with Crippen molar-refractivity contribution in [2.75, 3.05) is 50.0 Å². The molecule has 1 aliphatic carbocycles. The molecule has 2 N–H and O–H groups in total. The Morgan fingerprint density at radius 2 is 1.92 bits per heavy atom. The number of nitrogens with one attached hydrogen (secondary N) is 1. The monoisotopic (exact) mass is 516 g/mol. The Balaban J connectivity index is 1.33. The van der Waals surface area contributed by atoms with Gasteiger partial charge in [-0.15, -0.1) is 0 Å². The minimum atomic E-state index is -4.48. The number of hydrogen-bond donors (Lipinski definition) is 2. The molecule has 1 aromatic carbocycles. The lowest BCUT2D eigenvalue weighted by Gasteiger charge is -2.48. The highest BCUT2D eigenvalue weighted by atomic mass is 19.4. The highest BCUT2D eigenvalue weighted by molar-refractivity contribution is 5.90. The first-order chi connectivity index (χ1) is 17.7. The maximum absolute atomic E-state index is 13.3. The number of benzene rings is 1. The number of hydrogen-bond acceptors (Lipinski definition) is 8. The van der Waals surface area contributed by atoms with Crippen LogP contribution in [0, 0.1) is 0 Å². The van der Waals surface area contributed by atoms with E-state index in [4.69, 9.17) is 4.98 Å². The fourth-order valence-corrected chi connectivity index (χ4v) is 5.11. The molecule has 10 nitrogen and oxygen atoms in total. The predicted octanol–water partition coefficient (Wildman–Crippen LogP) is 1.73. The Morgan fingerprint density at radius 3 is 2.62 bits per heavy atom. The maximum Gasteiger partial charge on any atom is 0.416 e. The van der Waals surface area contributed by atoms with Crippen LogP contribution in [0.5, 0.6) is 0 Å².